The maximum atomic E-state index is 12.7. The topological polar surface area (TPSA) is 61.4 Å². The first-order valence-electron chi connectivity index (χ1n) is 13.3. The Morgan fingerprint density at radius 3 is 2.49 bits per heavy atom. The first-order chi connectivity index (χ1) is 16.8. The zero-order chi connectivity index (χ0) is 25.1. The largest absolute Gasteiger partial charge is 0.424 e. The Labute approximate surface area is 208 Å². The predicted molar refractivity (Wildman–Crippen MR) is 143 cm³/mol. The van der Waals surface area contributed by atoms with Gasteiger partial charge in [-0.2, -0.15) is 0 Å². The van der Waals surface area contributed by atoms with E-state index < -0.39 is 0 Å². The van der Waals surface area contributed by atoms with Gasteiger partial charge in [0.15, 0.2) is 11.4 Å². The molecule has 0 saturated heterocycles. The summed E-state index contributed by atoms with van der Waals surface area (Å²) in [4.78, 5) is 23.0. The number of imidazole rings is 1. The Balaban J connectivity index is 1.95. The van der Waals surface area contributed by atoms with E-state index in [1.807, 2.05) is 38.2 Å². The summed E-state index contributed by atoms with van der Waals surface area (Å²) in [6.45, 7) is 13.8. The molecular weight excluding hydrogens is 436 g/mol. The van der Waals surface area contributed by atoms with E-state index in [9.17, 15) is 4.79 Å². The van der Waals surface area contributed by atoms with Crippen molar-refractivity contribution >= 4 is 33.7 Å². The van der Waals surface area contributed by atoms with Crippen LogP contribution in [0.15, 0.2) is 30.5 Å². The number of carbonyl (C=O) groups excluding carboxylic acids is 1. The van der Waals surface area contributed by atoms with E-state index in [-0.39, 0.29) is 11.9 Å². The molecule has 0 spiro atoms. The Morgan fingerprint density at radius 1 is 1.03 bits per heavy atom. The molecule has 3 aromatic heterocycles. The molecule has 6 nitrogen and oxygen atoms in total. The van der Waals surface area contributed by atoms with Crippen molar-refractivity contribution in [1.29, 1.82) is 0 Å². The fourth-order valence-electron chi connectivity index (χ4n) is 4.89. The van der Waals surface area contributed by atoms with Crippen LogP contribution < -0.4 is 4.74 Å². The zero-order valence-corrected chi connectivity index (χ0v) is 22.2. The van der Waals surface area contributed by atoms with Gasteiger partial charge in [0.2, 0.25) is 0 Å². The molecule has 0 aliphatic rings. The van der Waals surface area contributed by atoms with Crippen LogP contribution in [0.3, 0.4) is 0 Å². The molecule has 4 aromatic rings. The lowest BCUT2D eigenvalue weighted by Gasteiger charge is -2.16. The minimum Gasteiger partial charge on any atom is -0.424 e. The second kappa shape index (κ2) is 10.8. The fraction of sp³-hybridized carbons (Fsp3) is 0.552. The number of ether oxygens (including phenoxy) is 1. The number of fused-ring (bicyclic) bond motifs is 5. The molecule has 0 unspecified atom stereocenters. The van der Waals surface area contributed by atoms with Gasteiger partial charge >= 0.3 is 5.97 Å². The lowest BCUT2D eigenvalue weighted by atomic mass is 9.99. The standard InChI is InChI=1S/C29H40N4O2/c1-7-9-12-21(8-2)17-32-18-24(35-26(34)16-20(5)6)27-28(32)31-25(15-19(3)4)33-23-14-11-10-13-22(23)30-29(27)33/h10-11,13-14,18-21H,7-9,12,15-17H2,1-6H3/t21-/m1/s1. The van der Waals surface area contributed by atoms with E-state index in [4.69, 9.17) is 14.7 Å². The van der Waals surface area contributed by atoms with Gasteiger partial charge in [0.05, 0.1) is 11.0 Å². The number of esters is 1. The van der Waals surface area contributed by atoms with Gasteiger partial charge in [-0.1, -0.05) is 72.9 Å². The predicted octanol–water partition coefficient (Wildman–Crippen LogP) is 7.20. The van der Waals surface area contributed by atoms with Crippen molar-refractivity contribution in [2.24, 2.45) is 17.8 Å². The Kier molecular flexibility index (Phi) is 7.78. The number of unbranched alkanes of at least 4 members (excludes halogenated alkanes) is 1. The number of hydrogen-bond acceptors (Lipinski definition) is 4. The SMILES string of the molecule is CCCC[C@@H](CC)Cn1cc(OC(=O)CC(C)C)c2c1nc(CC(C)C)n1c3ccccc3nc21. The van der Waals surface area contributed by atoms with Crippen molar-refractivity contribution in [1.82, 2.24) is 18.9 Å². The molecule has 35 heavy (non-hydrogen) atoms. The number of carbonyl (C=O) groups is 1. The van der Waals surface area contributed by atoms with Crippen LogP contribution in [0, 0.1) is 17.8 Å². The second-order valence-electron chi connectivity index (χ2n) is 10.7. The minimum atomic E-state index is -0.211. The third kappa shape index (κ3) is 5.36. The van der Waals surface area contributed by atoms with Gasteiger partial charge in [0.1, 0.15) is 16.9 Å². The highest BCUT2D eigenvalue weighted by molar-refractivity contribution is 6.01. The molecule has 1 atom stereocenters. The van der Waals surface area contributed by atoms with Crippen molar-refractivity contribution in [3.05, 3.63) is 36.3 Å². The van der Waals surface area contributed by atoms with Crippen LogP contribution in [0.5, 0.6) is 5.75 Å². The summed E-state index contributed by atoms with van der Waals surface area (Å²) in [7, 11) is 0. The molecule has 0 radical (unpaired) electrons. The lowest BCUT2D eigenvalue weighted by Crippen LogP contribution is -2.12. The molecule has 0 fully saturated rings. The fourth-order valence-corrected chi connectivity index (χ4v) is 4.89. The molecule has 0 N–H and O–H groups in total. The summed E-state index contributed by atoms with van der Waals surface area (Å²) < 4.78 is 10.4. The van der Waals surface area contributed by atoms with Crippen molar-refractivity contribution in [3.8, 4) is 5.75 Å². The molecule has 1 aromatic carbocycles. The summed E-state index contributed by atoms with van der Waals surface area (Å²) in [5, 5.41) is 0.830. The lowest BCUT2D eigenvalue weighted by molar-refractivity contribution is -0.135. The normalized spacial score (nSPS) is 13.0. The van der Waals surface area contributed by atoms with Gasteiger partial charge in [-0.3, -0.25) is 9.20 Å². The Bertz CT molecular complexity index is 1310. The van der Waals surface area contributed by atoms with Gasteiger partial charge in [0.25, 0.3) is 0 Å². The number of hydrogen-bond donors (Lipinski definition) is 0. The van der Waals surface area contributed by atoms with Crippen LogP contribution >= 0.6 is 0 Å². The number of aromatic nitrogens is 4. The van der Waals surface area contributed by atoms with Crippen LogP contribution in [0.1, 0.15) is 79.5 Å². The van der Waals surface area contributed by atoms with Crippen molar-refractivity contribution in [2.75, 3.05) is 0 Å². The van der Waals surface area contributed by atoms with Crippen LogP contribution in [0.4, 0.5) is 0 Å². The molecule has 188 valence electrons. The average Bonchev–Trinajstić information content (AvgIpc) is 3.34. The maximum absolute atomic E-state index is 12.7. The average molecular weight is 477 g/mol. The highest BCUT2D eigenvalue weighted by Crippen LogP contribution is 2.35. The summed E-state index contributed by atoms with van der Waals surface area (Å²) in [5.74, 6) is 2.59. The number of nitrogens with zero attached hydrogens (tertiary/aromatic N) is 4. The molecule has 4 rings (SSSR count). The van der Waals surface area contributed by atoms with Gasteiger partial charge in [-0.05, 0) is 36.3 Å². The monoisotopic (exact) mass is 476 g/mol. The number of rotatable bonds is 11. The van der Waals surface area contributed by atoms with E-state index >= 15 is 0 Å². The van der Waals surface area contributed by atoms with Crippen molar-refractivity contribution < 1.29 is 9.53 Å². The van der Waals surface area contributed by atoms with Crippen molar-refractivity contribution in [3.63, 3.8) is 0 Å². The molecule has 0 aliphatic heterocycles. The Hall–Kier alpha value is -2.89. The molecule has 6 heteroatoms. The first kappa shape index (κ1) is 25.2. The first-order valence-corrected chi connectivity index (χ1v) is 13.3. The van der Waals surface area contributed by atoms with Gasteiger partial charge in [0, 0.05) is 25.6 Å². The van der Waals surface area contributed by atoms with E-state index in [1.54, 1.807) is 0 Å². The molecule has 0 saturated carbocycles. The van der Waals surface area contributed by atoms with E-state index in [0.717, 1.165) is 52.9 Å². The van der Waals surface area contributed by atoms with E-state index in [2.05, 4.69) is 42.7 Å². The summed E-state index contributed by atoms with van der Waals surface area (Å²) in [6, 6.07) is 8.17. The molecular formula is C29H40N4O2. The van der Waals surface area contributed by atoms with Crippen molar-refractivity contribution in [2.45, 2.75) is 86.6 Å². The highest BCUT2D eigenvalue weighted by atomic mass is 16.5. The summed E-state index contributed by atoms with van der Waals surface area (Å²) in [6.07, 6.45) is 7.91. The third-order valence-corrected chi connectivity index (χ3v) is 6.68. The van der Waals surface area contributed by atoms with Crippen LogP contribution in [-0.4, -0.2) is 24.9 Å². The molecule has 3 heterocycles. The van der Waals surface area contributed by atoms with Crippen LogP contribution in [0.25, 0.3) is 27.7 Å². The second-order valence-corrected chi connectivity index (χ2v) is 10.7. The van der Waals surface area contributed by atoms with E-state index in [1.165, 1.54) is 19.3 Å². The van der Waals surface area contributed by atoms with Gasteiger partial charge < -0.3 is 9.30 Å². The van der Waals surface area contributed by atoms with Gasteiger partial charge in [-0.15, -0.1) is 0 Å². The van der Waals surface area contributed by atoms with Crippen LogP contribution in [-0.2, 0) is 17.8 Å². The summed E-state index contributed by atoms with van der Waals surface area (Å²) >= 11 is 0. The quantitative estimate of drug-likeness (QED) is 0.215. The molecule has 0 aliphatic carbocycles. The zero-order valence-electron chi connectivity index (χ0n) is 22.2. The third-order valence-electron chi connectivity index (χ3n) is 6.68. The maximum Gasteiger partial charge on any atom is 0.311 e. The number of para-hydroxylation sites is 2. The number of benzene rings is 1. The van der Waals surface area contributed by atoms with Gasteiger partial charge in [-0.25, -0.2) is 9.97 Å². The smallest absolute Gasteiger partial charge is 0.311 e. The van der Waals surface area contributed by atoms with Crippen LogP contribution in [0.2, 0.25) is 0 Å². The highest BCUT2D eigenvalue weighted by Gasteiger charge is 2.24. The molecule has 0 bridgehead atoms. The minimum absolute atomic E-state index is 0.211. The van der Waals surface area contributed by atoms with E-state index in [0.29, 0.717) is 24.0 Å². The molecule has 0 amide bonds. The summed E-state index contributed by atoms with van der Waals surface area (Å²) in [5.41, 5.74) is 3.65. The Morgan fingerprint density at radius 2 is 1.80 bits per heavy atom.